The van der Waals surface area contributed by atoms with Crippen molar-refractivity contribution >= 4 is 11.9 Å². The number of carboxylic acid groups (broad SMARTS) is 1. The number of carboxylic acids is 1. The van der Waals surface area contributed by atoms with E-state index in [2.05, 4.69) is 0 Å². The zero-order chi connectivity index (χ0) is 14.5. The molecule has 1 amide bonds. The monoisotopic (exact) mass is 276 g/mol. The van der Waals surface area contributed by atoms with E-state index in [1.165, 1.54) is 0 Å². The first-order chi connectivity index (χ1) is 9.58. The molecular formula is C15H18NO4-. The lowest BCUT2D eigenvalue weighted by Crippen LogP contribution is -2.45. The van der Waals surface area contributed by atoms with Crippen LogP contribution in [0.1, 0.15) is 18.4 Å². The van der Waals surface area contributed by atoms with E-state index in [0.29, 0.717) is 31.7 Å². The van der Waals surface area contributed by atoms with Crippen molar-refractivity contribution in [1.82, 2.24) is 4.90 Å². The molecular weight excluding hydrogens is 258 g/mol. The van der Waals surface area contributed by atoms with Gasteiger partial charge in [0.1, 0.15) is 5.75 Å². The predicted octanol–water partition coefficient (Wildman–Crippen LogP) is 0.362. The lowest BCUT2D eigenvalue weighted by atomic mass is 9.97. The molecule has 0 unspecified atom stereocenters. The zero-order valence-corrected chi connectivity index (χ0v) is 11.5. The molecule has 0 N–H and O–H groups in total. The number of piperidine rings is 1. The lowest BCUT2D eigenvalue weighted by molar-refractivity contribution is -0.312. The van der Waals surface area contributed by atoms with E-state index in [4.69, 9.17) is 4.74 Å². The lowest BCUT2D eigenvalue weighted by Gasteiger charge is -2.32. The Hall–Kier alpha value is -2.04. The Labute approximate surface area is 118 Å². The molecule has 108 valence electrons. The number of benzene rings is 1. The molecule has 1 fully saturated rings. The molecule has 0 bridgehead atoms. The number of carbonyl (C=O) groups excluding carboxylic acids is 2. The van der Waals surface area contributed by atoms with Gasteiger partial charge in [-0.3, -0.25) is 4.79 Å². The molecule has 1 aliphatic heterocycles. The van der Waals surface area contributed by atoms with Crippen LogP contribution in [-0.4, -0.2) is 36.5 Å². The van der Waals surface area contributed by atoms with Gasteiger partial charge in [0.15, 0.2) is 6.61 Å². The van der Waals surface area contributed by atoms with Crippen molar-refractivity contribution in [3.05, 3.63) is 29.8 Å². The van der Waals surface area contributed by atoms with Gasteiger partial charge in [-0.25, -0.2) is 0 Å². The number of hydrogen-bond acceptors (Lipinski definition) is 4. The highest BCUT2D eigenvalue weighted by molar-refractivity contribution is 5.78. The quantitative estimate of drug-likeness (QED) is 0.796. The van der Waals surface area contributed by atoms with E-state index in [0.717, 1.165) is 5.56 Å². The molecule has 0 spiro atoms. The van der Waals surface area contributed by atoms with Crippen molar-refractivity contribution in [2.45, 2.75) is 19.8 Å². The normalized spacial score (nSPS) is 15.9. The molecule has 5 heteroatoms. The fourth-order valence-electron chi connectivity index (χ4n) is 2.31. The van der Waals surface area contributed by atoms with Gasteiger partial charge in [-0.1, -0.05) is 18.2 Å². The molecule has 0 atom stereocenters. The molecule has 0 aromatic heterocycles. The van der Waals surface area contributed by atoms with Crippen LogP contribution in [0.4, 0.5) is 0 Å². The van der Waals surface area contributed by atoms with E-state index in [1.807, 2.05) is 31.2 Å². The summed E-state index contributed by atoms with van der Waals surface area (Å²) in [6.45, 7) is 2.81. The maximum atomic E-state index is 12.0. The van der Waals surface area contributed by atoms with Crippen LogP contribution in [0.15, 0.2) is 24.3 Å². The summed E-state index contributed by atoms with van der Waals surface area (Å²) in [5.41, 5.74) is 0.982. The minimum Gasteiger partial charge on any atom is -0.550 e. The number of rotatable bonds is 4. The summed E-state index contributed by atoms with van der Waals surface area (Å²) in [4.78, 5) is 24.4. The first-order valence-electron chi connectivity index (χ1n) is 6.75. The van der Waals surface area contributed by atoms with E-state index in [1.54, 1.807) is 4.90 Å². The average Bonchev–Trinajstić information content (AvgIpc) is 2.46. The maximum absolute atomic E-state index is 12.0. The van der Waals surface area contributed by atoms with Crippen LogP contribution in [0, 0.1) is 12.8 Å². The number of ether oxygens (including phenoxy) is 1. The summed E-state index contributed by atoms with van der Waals surface area (Å²) in [7, 11) is 0. The summed E-state index contributed by atoms with van der Waals surface area (Å²) in [5.74, 6) is -0.861. The van der Waals surface area contributed by atoms with Gasteiger partial charge in [-0.15, -0.1) is 0 Å². The molecule has 5 nitrogen and oxygen atoms in total. The first kappa shape index (κ1) is 14.4. The number of amides is 1. The average molecular weight is 276 g/mol. The number of likely N-dealkylation sites (tertiary alicyclic amines) is 1. The third kappa shape index (κ3) is 3.50. The summed E-state index contributed by atoms with van der Waals surface area (Å²) < 4.78 is 5.51. The number of para-hydroxylation sites is 1. The van der Waals surface area contributed by atoms with Gasteiger partial charge in [0.25, 0.3) is 5.91 Å². The van der Waals surface area contributed by atoms with Crippen molar-refractivity contribution in [2.75, 3.05) is 19.7 Å². The number of aryl methyl sites for hydroxylation is 1. The Morgan fingerprint density at radius 3 is 2.55 bits per heavy atom. The fraction of sp³-hybridized carbons (Fsp3) is 0.467. The summed E-state index contributed by atoms with van der Waals surface area (Å²) >= 11 is 0. The van der Waals surface area contributed by atoms with Gasteiger partial charge >= 0.3 is 0 Å². The number of hydrogen-bond donors (Lipinski definition) is 0. The Bertz CT molecular complexity index is 492. The Kier molecular flexibility index (Phi) is 4.61. The van der Waals surface area contributed by atoms with Gasteiger partial charge in [0.2, 0.25) is 0 Å². The van der Waals surface area contributed by atoms with Crippen LogP contribution in [0.2, 0.25) is 0 Å². The molecule has 2 rings (SSSR count). The van der Waals surface area contributed by atoms with Crippen molar-refractivity contribution < 1.29 is 19.4 Å². The van der Waals surface area contributed by atoms with Gasteiger partial charge in [0.05, 0.1) is 0 Å². The molecule has 1 aliphatic rings. The first-order valence-corrected chi connectivity index (χ1v) is 6.75. The fourth-order valence-corrected chi connectivity index (χ4v) is 2.31. The number of nitrogens with zero attached hydrogens (tertiary/aromatic N) is 1. The molecule has 0 aliphatic carbocycles. The van der Waals surface area contributed by atoms with E-state index >= 15 is 0 Å². The second kappa shape index (κ2) is 6.41. The summed E-state index contributed by atoms with van der Waals surface area (Å²) in [6.07, 6.45) is 0.914. The summed E-state index contributed by atoms with van der Waals surface area (Å²) in [6, 6.07) is 7.52. The van der Waals surface area contributed by atoms with E-state index < -0.39 is 11.9 Å². The second-order valence-corrected chi connectivity index (χ2v) is 5.03. The molecule has 1 heterocycles. The Balaban J connectivity index is 1.82. The van der Waals surface area contributed by atoms with Crippen molar-refractivity contribution in [3.63, 3.8) is 0 Å². The molecule has 0 saturated carbocycles. The van der Waals surface area contributed by atoms with Gasteiger partial charge in [-0.05, 0) is 31.4 Å². The molecule has 1 saturated heterocycles. The number of carbonyl (C=O) groups is 2. The van der Waals surface area contributed by atoms with Gasteiger partial charge in [-0.2, -0.15) is 0 Å². The standard InChI is InChI=1S/C15H19NO4/c1-11-4-2-3-5-13(11)20-10-14(17)16-8-6-12(7-9-16)15(18)19/h2-5,12H,6-10H2,1H3,(H,18,19)/p-1. The van der Waals surface area contributed by atoms with Crippen LogP contribution in [0.3, 0.4) is 0 Å². The minimum absolute atomic E-state index is 0.0131. The van der Waals surface area contributed by atoms with Crippen molar-refractivity contribution in [3.8, 4) is 5.75 Å². The maximum Gasteiger partial charge on any atom is 0.260 e. The van der Waals surface area contributed by atoms with Crippen LogP contribution in [0.5, 0.6) is 5.75 Å². The zero-order valence-electron chi connectivity index (χ0n) is 11.5. The third-order valence-electron chi connectivity index (χ3n) is 3.63. The van der Waals surface area contributed by atoms with Crippen LogP contribution >= 0.6 is 0 Å². The van der Waals surface area contributed by atoms with Crippen LogP contribution < -0.4 is 9.84 Å². The molecule has 1 aromatic carbocycles. The van der Waals surface area contributed by atoms with Crippen molar-refractivity contribution in [1.29, 1.82) is 0 Å². The Morgan fingerprint density at radius 1 is 1.30 bits per heavy atom. The predicted molar refractivity (Wildman–Crippen MR) is 71.0 cm³/mol. The van der Waals surface area contributed by atoms with Crippen LogP contribution in [-0.2, 0) is 9.59 Å². The van der Waals surface area contributed by atoms with Gasteiger partial charge in [0, 0.05) is 25.0 Å². The third-order valence-corrected chi connectivity index (χ3v) is 3.63. The SMILES string of the molecule is Cc1ccccc1OCC(=O)N1CCC(C(=O)[O-])CC1. The van der Waals surface area contributed by atoms with Gasteiger partial charge < -0.3 is 19.5 Å². The highest BCUT2D eigenvalue weighted by atomic mass is 16.5. The minimum atomic E-state index is -1.02. The van der Waals surface area contributed by atoms with E-state index in [-0.39, 0.29) is 12.5 Å². The second-order valence-electron chi connectivity index (χ2n) is 5.03. The molecule has 20 heavy (non-hydrogen) atoms. The van der Waals surface area contributed by atoms with Crippen LogP contribution in [0.25, 0.3) is 0 Å². The molecule has 1 aromatic rings. The smallest absolute Gasteiger partial charge is 0.260 e. The molecule has 0 radical (unpaired) electrons. The highest BCUT2D eigenvalue weighted by Gasteiger charge is 2.23. The topological polar surface area (TPSA) is 69.7 Å². The number of aliphatic carboxylic acids is 1. The summed E-state index contributed by atoms with van der Waals surface area (Å²) in [5, 5.41) is 10.7. The van der Waals surface area contributed by atoms with E-state index in [9.17, 15) is 14.7 Å². The highest BCUT2D eigenvalue weighted by Crippen LogP contribution is 2.18. The Morgan fingerprint density at radius 2 is 1.95 bits per heavy atom. The largest absolute Gasteiger partial charge is 0.550 e. The van der Waals surface area contributed by atoms with Crippen molar-refractivity contribution in [2.24, 2.45) is 5.92 Å².